The highest BCUT2D eigenvalue weighted by atomic mass is 16.4. The maximum Gasteiger partial charge on any atom is 0.337 e. The molecule has 0 saturated carbocycles. The van der Waals surface area contributed by atoms with Crippen molar-refractivity contribution in [2.24, 2.45) is 0 Å². The molecule has 0 unspecified atom stereocenters. The molecule has 1 aromatic carbocycles. The number of aromatic nitrogens is 1. The zero-order valence-corrected chi connectivity index (χ0v) is 10.5. The molecule has 19 heavy (non-hydrogen) atoms. The molecule has 0 spiro atoms. The largest absolute Gasteiger partial charge is 0.478 e. The minimum absolute atomic E-state index is 0.0845. The van der Waals surface area contributed by atoms with Crippen molar-refractivity contribution in [1.29, 1.82) is 0 Å². The Balaban J connectivity index is 1.99. The number of aromatic carboxylic acids is 1. The summed E-state index contributed by atoms with van der Waals surface area (Å²) in [7, 11) is 0. The Bertz CT molecular complexity index is 617. The van der Waals surface area contributed by atoms with Gasteiger partial charge in [-0.2, -0.15) is 0 Å². The quantitative estimate of drug-likeness (QED) is 0.882. The van der Waals surface area contributed by atoms with Crippen molar-refractivity contribution in [2.75, 3.05) is 5.32 Å². The third-order valence-electron chi connectivity index (χ3n) is 2.63. The van der Waals surface area contributed by atoms with Gasteiger partial charge in [0, 0.05) is 18.1 Å². The van der Waals surface area contributed by atoms with Crippen molar-refractivity contribution in [3.8, 4) is 0 Å². The zero-order chi connectivity index (χ0) is 13.8. The molecule has 5 nitrogen and oxygen atoms in total. The first-order valence-corrected chi connectivity index (χ1v) is 5.80. The predicted molar refractivity (Wildman–Crippen MR) is 71.2 cm³/mol. The Hall–Kier alpha value is -2.56. The molecule has 1 amide bonds. The lowest BCUT2D eigenvalue weighted by atomic mass is 10.2. The van der Waals surface area contributed by atoms with E-state index in [2.05, 4.69) is 5.32 Å². The van der Waals surface area contributed by atoms with Crippen molar-refractivity contribution in [3.63, 3.8) is 0 Å². The first-order valence-electron chi connectivity index (χ1n) is 5.80. The van der Waals surface area contributed by atoms with Crippen LogP contribution in [0, 0.1) is 6.92 Å². The van der Waals surface area contributed by atoms with Crippen molar-refractivity contribution in [1.82, 2.24) is 4.57 Å². The Kier molecular flexibility index (Phi) is 3.66. The number of carboxylic acids is 1. The average Bonchev–Trinajstić information content (AvgIpc) is 2.77. The Morgan fingerprint density at radius 1 is 1.32 bits per heavy atom. The summed E-state index contributed by atoms with van der Waals surface area (Å²) in [6, 6.07) is 8.95. The summed E-state index contributed by atoms with van der Waals surface area (Å²) in [6.07, 6.45) is 3.00. The maximum absolute atomic E-state index is 11.8. The molecule has 1 heterocycles. The van der Waals surface area contributed by atoms with E-state index in [1.165, 1.54) is 16.8 Å². The van der Waals surface area contributed by atoms with E-state index in [4.69, 9.17) is 5.11 Å². The number of hydrogen-bond donors (Lipinski definition) is 2. The normalized spacial score (nSPS) is 10.2. The van der Waals surface area contributed by atoms with Gasteiger partial charge < -0.3 is 15.0 Å². The molecular formula is C14H14N2O3. The van der Waals surface area contributed by atoms with Gasteiger partial charge in [0.25, 0.3) is 0 Å². The van der Waals surface area contributed by atoms with Gasteiger partial charge in [0.2, 0.25) is 5.91 Å². The second-order valence-corrected chi connectivity index (χ2v) is 4.30. The maximum atomic E-state index is 11.8. The van der Waals surface area contributed by atoms with Crippen LogP contribution in [0.3, 0.4) is 0 Å². The summed E-state index contributed by atoms with van der Waals surface area (Å²) < 4.78 is 1.54. The number of carbonyl (C=O) groups is 2. The molecule has 1 aromatic heterocycles. The monoisotopic (exact) mass is 258 g/mol. The summed E-state index contributed by atoms with van der Waals surface area (Å²) in [5.41, 5.74) is 1.96. The molecule has 0 radical (unpaired) electrons. The minimum atomic E-state index is -1.00. The minimum Gasteiger partial charge on any atom is -0.478 e. The summed E-state index contributed by atoms with van der Waals surface area (Å²) in [6.45, 7) is 2.03. The Morgan fingerprint density at radius 3 is 2.74 bits per heavy atom. The van der Waals surface area contributed by atoms with E-state index in [-0.39, 0.29) is 18.0 Å². The third-order valence-corrected chi connectivity index (χ3v) is 2.63. The van der Waals surface area contributed by atoms with Gasteiger partial charge >= 0.3 is 5.97 Å². The molecule has 5 heteroatoms. The third kappa shape index (κ3) is 3.45. The van der Waals surface area contributed by atoms with Gasteiger partial charge in [-0.3, -0.25) is 4.79 Å². The van der Waals surface area contributed by atoms with Crippen LogP contribution in [0.15, 0.2) is 42.7 Å². The number of amides is 1. The van der Waals surface area contributed by atoms with E-state index in [1.807, 2.05) is 31.2 Å². The molecule has 0 aliphatic carbocycles. The highest BCUT2D eigenvalue weighted by molar-refractivity contribution is 5.91. The van der Waals surface area contributed by atoms with E-state index >= 15 is 0 Å². The standard InChI is InChI=1S/C14H14N2O3/c1-10-3-2-4-12(7-10)15-13(17)9-16-6-5-11(8-16)14(18)19/h2-8H,9H2,1H3,(H,15,17)(H,18,19). The van der Waals surface area contributed by atoms with Crippen LogP contribution >= 0.6 is 0 Å². The van der Waals surface area contributed by atoms with E-state index in [0.717, 1.165) is 11.3 Å². The Labute approximate surface area is 110 Å². The molecule has 0 saturated heterocycles. The van der Waals surface area contributed by atoms with Crippen LogP contribution in [0.25, 0.3) is 0 Å². The number of anilines is 1. The van der Waals surface area contributed by atoms with Crippen molar-refractivity contribution in [3.05, 3.63) is 53.9 Å². The van der Waals surface area contributed by atoms with Crippen LogP contribution in [0.2, 0.25) is 0 Å². The number of carboxylic acid groups (broad SMARTS) is 1. The number of benzene rings is 1. The summed E-state index contributed by atoms with van der Waals surface area (Å²) in [5.74, 6) is -1.20. The molecule has 0 fully saturated rings. The summed E-state index contributed by atoms with van der Waals surface area (Å²) >= 11 is 0. The van der Waals surface area contributed by atoms with Gasteiger partial charge in [-0.25, -0.2) is 4.79 Å². The van der Waals surface area contributed by atoms with Crippen molar-refractivity contribution >= 4 is 17.6 Å². The first-order chi connectivity index (χ1) is 9.04. The second kappa shape index (κ2) is 5.39. The lowest BCUT2D eigenvalue weighted by Gasteiger charge is -2.06. The van der Waals surface area contributed by atoms with E-state index < -0.39 is 5.97 Å². The van der Waals surface area contributed by atoms with Crippen LogP contribution in [0.5, 0.6) is 0 Å². The van der Waals surface area contributed by atoms with Gasteiger partial charge in [0.1, 0.15) is 6.54 Å². The van der Waals surface area contributed by atoms with Crippen LogP contribution in [-0.2, 0) is 11.3 Å². The number of rotatable bonds is 4. The van der Waals surface area contributed by atoms with Crippen molar-refractivity contribution < 1.29 is 14.7 Å². The van der Waals surface area contributed by atoms with Gasteiger partial charge in [0.15, 0.2) is 0 Å². The van der Waals surface area contributed by atoms with E-state index in [1.54, 1.807) is 6.20 Å². The molecule has 2 N–H and O–H groups in total. The zero-order valence-electron chi connectivity index (χ0n) is 10.5. The molecule has 0 aliphatic heterocycles. The SMILES string of the molecule is Cc1cccc(NC(=O)Cn2ccc(C(=O)O)c2)c1. The molecule has 0 atom stereocenters. The number of nitrogens with one attached hydrogen (secondary N) is 1. The summed E-state index contributed by atoms with van der Waals surface area (Å²) in [4.78, 5) is 22.5. The number of carbonyl (C=O) groups excluding carboxylic acids is 1. The molecule has 2 aromatic rings. The highest BCUT2D eigenvalue weighted by Gasteiger charge is 2.07. The van der Waals surface area contributed by atoms with Crippen molar-refractivity contribution in [2.45, 2.75) is 13.5 Å². The van der Waals surface area contributed by atoms with Crippen LogP contribution in [-0.4, -0.2) is 21.6 Å². The lowest BCUT2D eigenvalue weighted by molar-refractivity contribution is -0.116. The highest BCUT2D eigenvalue weighted by Crippen LogP contribution is 2.09. The molecule has 0 aliphatic rings. The van der Waals surface area contributed by atoms with Gasteiger partial charge in [-0.1, -0.05) is 12.1 Å². The van der Waals surface area contributed by atoms with Gasteiger partial charge in [-0.15, -0.1) is 0 Å². The fraction of sp³-hybridized carbons (Fsp3) is 0.143. The smallest absolute Gasteiger partial charge is 0.337 e. The van der Waals surface area contributed by atoms with E-state index in [9.17, 15) is 9.59 Å². The second-order valence-electron chi connectivity index (χ2n) is 4.30. The number of aryl methyl sites for hydroxylation is 1. The fourth-order valence-electron chi connectivity index (χ4n) is 1.75. The predicted octanol–water partition coefficient (Wildman–Crippen LogP) is 2.13. The average molecular weight is 258 g/mol. The topological polar surface area (TPSA) is 71.3 Å². The number of hydrogen-bond acceptors (Lipinski definition) is 2. The molecule has 0 bridgehead atoms. The molecule has 98 valence electrons. The first kappa shape index (κ1) is 12.9. The molecule has 2 rings (SSSR count). The van der Waals surface area contributed by atoms with Crippen LogP contribution in [0.4, 0.5) is 5.69 Å². The number of nitrogens with zero attached hydrogens (tertiary/aromatic N) is 1. The van der Waals surface area contributed by atoms with Gasteiger partial charge in [-0.05, 0) is 30.7 Å². The van der Waals surface area contributed by atoms with Gasteiger partial charge in [0.05, 0.1) is 5.56 Å². The summed E-state index contributed by atoms with van der Waals surface area (Å²) in [5, 5.41) is 11.5. The van der Waals surface area contributed by atoms with Crippen LogP contribution < -0.4 is 5.32 Å². The van der Waals surface area contributed by atoms with Crippen LogP contribution in [0.1, 0.15) is 15.9 Å². The molecular weight excluding hydrogens is 244 g/mol. The van der Waals surface area contributed by atoms with E-state index in [0.29, 0.717) is 0 Å². The fourth-order valence-corrected chi connectivity index (χ4v) is 1.75. The Morgan fingerprint density at radius 2 is 2.11 bits per heavy atom. The lowest BCUT2D eigenvalue weighted by Crippen LogP contribution is -2.17.